The minimum absolute atomic E-state index is 0.359. The van der Waals surface area contributed by atoms with E-state index in [1.54, 1.807) is 6.92 Å². The van der Waals surface area contributed by atoms with Gasteiger partial charge in [0.15, 0.2) is 0 Å². The Morgan fingerprint density at radius 2 is 1.82 bits per heavy atom. The molecule has 0 spiro atoms. The Bertz CT molecular complexity index is 500. The zero-order valence-electron chi connectivity index (χ0n) is 13.8. The summed E-state index contributed by atoms with van der Waals surface area (Å²) < 4.78 is 4.89. The summed E-state index contributed by atoms with van der Waals surface area (Å²) >= 11 is 0. The van der Waals surface area contributed by atoms with Crippen molar-refractivity contribution in [1.82, 2.24) is 0 Å². The van der Waals surface area contributed by atoms with Crippen molar-refractivity contribution in [2.75, 3.05) is 11.9 Å². The topological polar surface area (TPSA) is 38.3 Å². The third-order valence-electron chi connectivity index (χ3n) is 3.32. The number of carbonyl (C=O) groups excluding carboxylic acids is 1. The lowest BCUT2D eigenvalue weighted by atomic mass is 10.1. The number of nitrogens with one attached hydrogen (secondary N) is 1. The van der Waals surface area contributed by atoms with E-state index in [-0.39, 0.29) is 0 Å². The van der Waals surface area contributed by atoms with Crippen molar-refractivity contribution in [2.45, 2.75) is 58.8 Å². The Hall–Kier alpha value is -1.95. The van der Waals surface area contributed by atoms with Crippen LogP contribution in [-0.4, -0.2) is 12.7 Å². The molecule has 0 bridgehead atoms. The lowest BCUT2D eigenvalue weighted by Gasteiger charge is -2.06. The summed E-state index contributed by atoms with van der Waals surface area (Å²) in [6, 6.07) is 7.55. The molecule has 0 atom stereocenters. The maximum Gasteiger partial charge on any atom is 0.411 e. The van der Waals surface area contributed by atoms with Crippen molar-refractivity contribution in [1.29, 1.82) is 0 Å². The highest BCUT2D eigenvalue weighted by Crippen LogP contribution is 2.14. The Morgan fingerprint density at radius 3 is 2.59 bits per heavy atom. The number of ether oxygens (including phenoxy) is 1. The van der Waals surface area contributed by atoms with Gasteiger partial charge >= 0.3 is 6.09 Å². The minimum atomic E-state index is -0.437. The predicted molar refractivity (Wildman–Crippen MR) is 92.0 cm³/mol. The first-order chi connectivity index (χ1) is 10.8. The van der Waals surface area contributed by atoms with Gasteiger partial charge in [0.2, 0.25) is 0 Å². The molecular weight excluding hydrogens is 274 g/mol. The molecule has 0 saturated heterocycles. The summed E-state index contributed by atoms with van der Waals surface area (Å²) in [5, 5.41) is 2.72. The molecule has 0 aliphatic rings. The molecule has 1 amide bonds. The fraction of sp³-hybridized carbons (Fsp3) is 0.526. The van der Waals surface area contributed by atoms with Crippen LogP contribution < -0.4 is 5.32 Å². The van der Waals surface area contributed by atoms with E-state index in [0.717, 1.165) is 18.4 Å². The molecule has 0 heterocycles. The van der Waals surface area contributed by atoms with Crippen molar-refractivity contribution >= 4 is 11.8 Å². The highest BCUT2D eigenvalue weighted by atomic mass is 16.5. The smallest absolute Gasteiger partial charge is 0.411 e. The summed E-state index contributed by atoms with van der Waals surface area (Å²) in [5.74, 6) is 6.34. The van der Waals surface area contributed by atoms with Crippen molar-refractivity contribution in [2.24, 2.45) is 0 Å². The summed E-state index contributed by atoms with van der Waals surface area (Å²) in [5.41, 5.74) is 1.54. The van der Waals surface area contributed by atoms with Crippen LogP contribution in [0.4, 0.5) is 10.5 Å². The van der Waals surface area contributed by atoms with Crippen LogP contribution in [0.3, 0.4) is 0 Å². The van der Waals surface area contributed by atoms with Gasteiger partial charge in [-0.25, -0.2) is 4.79 Å². The Morgan fingerprint density at radius 1 is 1.09 bits per heavy atom. The lowest BCUT2D eigenvalue weighted by molar-refractivity contribution is 0.168. The molecule has 0 unspecified atom stereocenters. The normalized spacial score (nSPS) is 9.73. The van der Waals surface area contributed by atoms with Gasteiger partial charge in [0.1, 0.15) is 0 Å². The largest absolute Gasteiger partial charge is 0.450 e. The number of para-hydroxylation sites is 1. The summed E-state index contributed by atoms with van der Waals surface area (Å²) in [6.07, 6.45) is 8.10. The zero-order chi connectivity index (χ0) is 16.0. The first-order valence-corrected chi connectivity index (χ1v) is 8.29. The molecule has 0 aliphatic heterocycles. The Kier molecular flexibility index (Phi) is 9.61. The molecule has 1 N–H and O–H groups in total. The SMILES string of the molecule is CCCCCCCCC#Cc1ccccc1NC(=O)OCC. The van der Waals surface area contributed by atoms with E-state index in [1.165, 1.54) is 32.1 Å². The molecule has 1 aromatic rings. The van der Waals surface area contributed by atoms with Crippen LogP contribution in [0.15, 0.2) is 24.3 Å². The van der Waals surface area contributed by atoms with Crippen LogP contribution in [0, 0.1) is 11.8 Å². The fourth-order valence-electron chi connectivity index (χ4n) is 2.13. The van der Waals surface area contributed by atoms with E-state index in [1.807, 2.05) is 24.3 Å². The van der Waals surface area contributed by atoms with Crippen LogP contribution in [0.5, 0.6) is 0 Å². The molecule has 3 nitrogen and oxygen atoms in total. The Labute approximate surface area is 134 Å². The number of unbranched alkanes of at least 4 members (excludes halogenated alkanes) is 6. The molecule has 0 aliphatic carbocycles. The number of anilines is 1. The van der Waals surface area contributed by atoms with Gasteiger partial charge in [-0.3, -0.25) is 5.32 Å². The average Bonchev–Trinajstić information content (AvgIpc) is 2.51. The monoisotopic (exact) mass is 301 g/mol. The van der Waals surface area contributed by atoms with Crippen molar-refractivity contribution in [3.63, 3.8) is 0 Å². The van der Waals surface area contributed by atoms with Gasteiger partial charge < -0.3 is 4.74 Å². The summed E-state index contributed by atoms with van der Waals surface area (Å²) in [7, 11) is 0. The number of amides is 1. The number of rotatable bonds is 8. The van der Waals surface area contributed by atoms with Crippen molar-refractivity contribution in [3.05, 3.63) is 29.8 Å². The maximum absolute atomic E-state index is 11.5. The fourth-order valence-corrected chi connectivity index (χ4v) is 2.13. The zero-order valence-corrected chi connectivity index (χ0v) is 13.8. The molecular formula is C19H27NO2. The number of carbonyl (C=O) groups is 1. The van der Waals surface area contributed by atoms with E-state index in [9.17, 15) is 4.79 Å². The second-order valence-corrected chi connectivity index (χ2v) is 5.21. The molecule has 3 heteroatoms. The minimum Gasteiger partial charge on any atom is -0.450 e. The van der Waals surface area contributed by atoms with Crippen molar-refractivity contribution < 1.29 is 9.53 Å². The van der Waals surface area contributed by atoms with Gasteiger partial charge in [0, 0.05) is 12.0 Å². The van der Waals surface area contributed by atoms with E-state index >= 15 is 0 Å². The van der Waals surface area contributed by atoms with E-state index in [0.29, 0.717) is 12.3 Å². The van der Waals surface area contributed by atoms with Crippen LogP contribution in [0.25, 0.3) is 0 Å². The van der Waals surface area contributed by atoms with Gasteiger partial charge in [-0.1, -0.05) is 63.0 Å². The Balaban J connectivity index is 2.42. The maximum atomic E-state index is 11.5. The second-order valence-electron chi connectivity index (χ2n) is 5.21. The molecule has 0 fully saturated rings. The molecule has 0 radical (unpaired) electrons. The highest BCUT2D eigenvalue weighted by molar-refractivity contribution is 5.86. The molecule has 0 aromatic heterocycles. The highest BCUT2D eigenvalue weighted by Gasteiger charge is 2.04. The van der Waals surface area contributed by atoms with Gasteiger partial charge in [0.25, 0.3) is 0 Å². The molecule has 22 heavy (non-hydrogen) atoms. The number of hydrogen-bond donors (Lipinski definition) is 1. The van der Waals surface area contributed by atoms with Gasteiger partial charge in [-0.2, -0.15) is 0 Å². The third kappa shape index (κ3) is 7.73. The first-order valence-electron chi connectivity index (χ1n) is 8.29. The van der Waals surface area contributed by atoms with Crippen LogP contribution in [0.2, 0.25) is 0 Å². The van der Waals surface area contributed by atoms with Crippen molar-refractivity contribution in [3.8, 4) is 11.8 Å². The van der Waals surface area contributed by atoms with Crippen LogP contribution in [0.1, 0.15) is 64.4 Å². The van der Waals surface area contributed by atoms with Crippen LogP contribution >= 0.6 is 0 Å². The number of benzene rings is 1. The average molecular weight is 301 g/mol. The van der Waals surface area contributed by atoms with Gasteiger partial charge in [-0.05, 0) is 25.5 Å². The van der Waals surface area contributed by atoms with E-state index < -0.39 is 6.09 Å². The summed E-state index contributed by atoms with van der Waals surface area (Å²) in [4.78, 5) is 11.5. The second kappa shape index (κ2) is 11.7. The molecule has 1 rings (SSSR count). The first kappa shape index (κ1) is 18.1. The standard InChI is InChI=1S/C19H27NO2/c1-3-5-6-7-8-9-10-11-14-17-15-12-13-16-18(17)20-19(21)22-4-2/h12-13,15-16H,3-10H2,1-2H3,(H,20,21). The molecule has 120 valence electrons. The van der Waals surface area contributed by atoms with Gasteiger partial charge in [-0.15, -0.1) is 0 Å². The van der Waals surface area contributed by atoms with E-state index in [4.69, 9.17) is 4.74 Å². The summed E-state index contributed by atoms with van der Waals surface area (Å²) in [6.45, 7) is 4.37. The quantitative estimate of drug-likeness (QED) is 0.518. The lowest BCUT2D eigenvalue weighted by Crippen LogP contribution is -2.14. The number of hydrogen-bond acceptors (Lipinski definition) is 2. The third-order valence-corrected chi connectivity index (χ3v) is 3.32. The van der Waals surface area contributed by atoms with Crippen LogP contribution in [-0.2, 0) is 4.74 Å². The predicted octanol–water partition coefficient (Wildman–Crippen LogP) is 5.36. The molecule has 1 aromatic carbocycles. The van der Waals surface area contributed by atoms with E-state index in [2.05, 4.69) is 24.1 Å². The molecule has 0 saturated carbocycles. The van der Waals surface area contributed by atoms with Gasteiger partial charge in [0.05, 0.1) is 12.3 Å².